The first kappa shape index (κ1) is 40.7. The Morgan fingerprint density at radius 2 is 1.52 bits per heavy atom. The number of aryl methyl sites for hydroxylation is 1. The Morgan fingerprint density at radius 3 is 2.25 bits per heavy atom. The van der Waals surface area contributed by atoms with Gasteiger partial charge >= 0.3 is 0 Å². The number of anilines is 2. The quantitative estimate of drug-likeness (QED) is 0.186. The van der Waals surface area contributed by atoms with Crippen LogP contribution in [-0.2, 0) is 10.8 Å². The van der Waals surface area contributed by atoms with E-state index in [1.54, 1.807) is 11.1 Å². The van der Waals surface area contributed by atoms with Gasteiger partial charge in [-0.1, -0.05) is 145 Å². The summed E-state index contributed by atoms with van der Waals surface area (Å²) in [5.74, 6) is 1.34. The Kier molecular flexibility index (Phi) is 13.1. The fraction of sp³-hybridized carbons (Fsp3) is 0.509. The van der Waals surface area contributed by atoms with Gasteiger partial charge in [0.25, 0.3) is 0 Å². The third-order valence-corrected chi connectivity index (χ3v) is 14.3. The number of nitrogens with zero attached hydrogens (tertiary/aromatic N) is 1. The first-order valence-corrected chi connectivity index (χ1v) is 22.8. The SMILES string of the molecule is C/C=C\c1c(C)ccc2c1C1(CCCCC1)/C(=C\C=C1/CCC(/C=C/CC3(c4c(NCCC(C)C)ccc5ccccc45)CCCCC3)=C1Cl)N2CCC(C)C. The van der Waals surface area contributed by atoms with E-state index in [1.165, 1.54) is 127 Å². The second-order valence-electron chi connectivity index (χ2n) is 18.5. The van der Waals surface area contributed by atoms with Crippen molar-refractivity contribution < 1.29 is 0 Å². The van der Waals surface area contributed by atoms with Crippen molar-refractivity contribution in [3.63, 3.8) is 0 Å². The zero-order valence-electron chi connectivity index (χ0n) is 35.6. The van der Waals surface area contributed by atoms with Gasteiger partial charge in [-0.05, 0) is 146 Å². The molecule has 1 spiro atoms. The van der Waals surface area contributed by atoms with Gasteiger partial charge in [0.1, 0.15) is 0 Å². The molecule has 0 unspecified atom stereocenters. The van der Waals surface area contributed by atoms with Crippen LogP contribution in [0.5, 0.6) is 0 Å². The van der Waals surface area contributed by atoms with Crippen molar-refractivity contribution in [3.8, 4) is 0 Å². The van der Waals surface area contributed by atoms with E-state index in [2.05, 4.69) is 137 Å². The normalized spacial score (nSPS) is 21.1. The summed E-state index contributed by atoms with van der Waals surface area (Å²) in [6.07, 6.45) is 32.7. The van der Waals surface area contributed by atoms with Gasteiger partial charge in [0.2, 0.25) is 0 Å². The van der Waals surface area contributed by atoms with E-state index in [0.29, 0.717) is 11.8 Å². The van der Waals surface area contributed by atoms with Gasteiger partial charge in [-0.25, -0.2) is 0 Å². The van der Waals surface area contributed by atoms with Crippen molar-refractivity contribution in [3.05, 3.63) is 123 Å². The summed E-state index contributed by atoms with van der Waals surface area (Å²) >= 11 is 7.38. The summed E-state index contributed by atoms with van der Waals surface area (Å²) in [5.41, 5.74) is 13.1. The lowest BCUT2D eigenvalue weighted by Gasteiger charge is -2.39. The molecule has 0 aromatic heterocycles. The molecule has 3 aliphatic carbocycles. The number of rotatable bonds is 13. The van der Waals surface area contributed by atoms with Gasteiger partial charge in [-0.3, -0.25) is 0 Å². The van der Waals surface area contributed by atoms with Crippen LogP contribution in [0.4, 0.5) is 11.4 Å². The molecule has 2 nitrogen and oxygen atoms in total. The third kappa shape index (κ3) is 8.25. The lowest BCUT2D eigenvalue weighted by molar-refractivity contribution is 0.298. The van der Waals surface area contributed by atoms with Crippen molar-refractivity contribution >= 4 is 39.8 Å². The zero-order chi connectivity index (χ0) is 39.3. The Morgan fingerprint density at radius 1 is 0.786 bits per heavy atom. The summed E-state index contributed by atoms with van der Waals surface area (Å²) in [4.78, 5) is 2.71. The van der Waals surface area contributed by atoms with E-state index in [1.807, 2.05) is 0 Å². The molecule has 298 valence electrons. The van der Waals surface area contributed by atoms with Crippen LogP contribution in [0.3, 0.4) is 0 Å². The molecule has 56 heavy (non-hydrogen) atoms. The van der Waals surface area contributed by atoms with Crippen LogP contribution in [0.25, 0.3) is 16.8 Å². The summed E-state index contributed by atoms with van der Waals surface area (Å²) in [6, 6.07) is 18.5. The summed E-state index contributed by atoms with van der Waals surface area (Å²) in [5, 5.41) is 7.68. The fourth-order valence-electron chi connectivity index (χ4n) is 10.8. The van der Waals surface area contributed by atoms with E-state index in [9.17, 15) is 0 Å². The highest BCUT2D eigenvalue weighted by atomic mass is 35.5. The minimum atomic E-state index is 0.0679. The molecule has 2 saturated carbocycles. The lowest BCUT2D eigenvalue weighted by atomic mass is 9.65. The van der Waals surface area contributed by atoms with E-state index < -0.39 is 0 Å². The number of hydrogen-bond donors (Lipinski definition) is 1. The monoisotopic (exact) mass is 769 g/mol. The topological polar surface area (TPSA) is 15.3 Å². The minimum Gasteiger partial charge on any atom is -0.385 e. The van der Waals surface area contributed by atoms with Crippen molar-refractivity contribution in [2.24, 2.45) is 11.8 Å². The van der Waals surface area contributed by atoms with Crippen LogP contribution in [0.1, 0.15) is 153 Å². The smallest absolute Gasteiger partial charge is 0.0470 e. The van der Waals surface area contributed by atoms with Crippen molar-refractivity contribution in [1.29, 1.82) is 0 Å². The van der Waals surface area contributed by atoms with Crippen molar-refractivity contribution in [2.45, 2.75) is 149 Å². The molecule has 0 radical (unpaired) electrons. The first-order chi connectivity index (χ1) is 27.2. The highest BCUT2D eigenvalue weighted by Crippen LogP contribution is 2.57. The second kappa shape index (κ2) is 18.0. The summed E-state index contributed by atoms with van der Waals surface area (Å²) in [6.45, 7) is 15.9. The molecule has 1 aliphatic heterocycles. The average Bonchev–Trinajstić information content (AvgIpc) is 3.67. The van der Waals surface area contributed by atoms with E-state index in [4.69, 9.17) is 11.6 Å². The Bertz CT molecular complexity index is 2010. The molecule has 0 atom stereocenters. The standard InChI is InChI=1S/C53H69ClN2/c1-7-17-44-40(6)21-27-47-50(44)53(34-14-9-15-35-53)48(56(47)37-30-39(4)5)28-25-43-23-22-42(51(43)54)19-16-33-52(31-12-8-13-32-52)49-45-20-11-10-18-41(45)24-26-46(49)55-36-29-38(2)3/h7,10-11,16-21,24-28,38-39,55H,8-9,12-15,22-23,29-37H2,1-6H3/b17-7-,19-16+,43-25+,48-28+. The van der Waals surface area contributed by atoms with E-state index >= 15 is 0 Å². The zero-order valence-corrected chi connectivity index (χ0v) is 36.3. The Hall–Kier alpha value is -3.49. The molecule has 0 saturated heterocycles. The second-order valence-corrected chi connectivity index (χ2v) is 18.9. The Balaban J connectivity index is 1.21. The van der Waals surface area contributed by atoms with Crippen molar-refractivity contribution in [2.75, 3.05) is 23.3 Å². The summed E-state index contributed by atoms with van der Waals surface area (Å²) in [7, 11) is 0. The molecule has 1 heterocycles. The molecule has 0 bridgehead atoms. The minimum absolute atomic E-state index is 0.0679. The van der Waals surface area contributed by atoms with Crippen LogP contribution in [0.15, 0.2) is 101 Å². The van der Waals surface area contributed by atoms with Gasteiger partial charge in [0, 0.05) is 46.0 Å². The van der Waals surface area contributed by atoms with Crippen LogP contribution in [0.2, 0.25) is 0 Å². The number of halogens is 1. The fourth-order valence-corrected chi connectivity index (χ4v) is 11.1. The highest BCUT2D eigenvalue weighted by molar-refractivity contribution is 6.33. The van der Waals surface area contributed by atoms with Gasteiger partial charge in [-0.15, -0.1) is 0 Å². The number of hydrogen-bond acceptors (Lipinski definition) is 2. The molecule has 3 aromatic carbocycles. The van der Waals surface area contributed by atoms with Gasteiger partial charge in [0.05, 0.1) is 0 Å². The van der Waals surface area contributed by atoms with Crippen LogP contribution in [-0.4, -0.2) is 13.1 Å². The highest BCUT2D eigenvalue weighted by Gasteiger charge is 2.48. The molecule has 1 N–H and O–H groups in total. The number of fused-ring (bicyclic) bond motifs is 3. The van der Waals surface area contributed by atoms with Crippen LogP contribution >= 0.6 is 11.6 Å². The maximum atomic E-state index is 7.38. The number of allylic oxidation sites excluding steroid dienone is 9. The number of nitrogens with one attached hydrogen (secondary N) is 1. The van der Waals surface area contributed by atoms with Gasteiger partial charge < -0.3 is 10.2 Å². The Labute approximate surface area is 345 Å². The molecule has 3 aromatic rings. The lowest BCUT2D eigenvalue weighted by Crippen LogP contribution is -2.34. The van der Waals surface area contributed by atoms with Crippen molar-refractivity contribution in [1.82, 2.24) is 0 Å². The van der Waals surface area contributed by atoms with Gasteiger partial charge in [0.15, 0.2) is 0 Å². The maximum absolute atomic E-state index is 7.38. The third-order valence-electron chi connectivity index (χ3n) is 13.8. The maximum Gasteiger partial charge on any atom is 0.0470 e. The van der Waals surface area contributed by atoms with E-state index in [-0.39, 0.29) is 10.8 Å². The van der Waals surface area contributed by atoms with E-state index in [0.717, 1.165) is 37.4 Å². The molecule has 0 amide bonds. The predicted molar refractivity (Wildman–Crippen MR) is 246 cm³/mol. The van der Waals surface area contributed by atoms with Crippen LogP contribution in [0, 0.1) is 18.8 Å². The predicted octanol–water partition coefficient (Wildman–Crippen LogP) is 15.7. The van der Waals surface area contributed by atoms with Gasteiger partial charge in [-0.2, -0.15) is 0 Å². The summed E-state index contributed by atoms with van der Waals surface area (Å²) < 4.78 is 0. The number of benzene rings is 3. The molecule has 4 aliphatic rings. The average molecular weight is 770 g/mol. The molecular formula is C53H69ClN2. The molecule has 7 rings (SSSR count). The molecular weight excluding hydrogens is 700 g/mol. The van der Waals surface area contributed by atoms with Crippen LogP contribution < -0.4 is 10.2 Å². The molecule has 3 heteroatoms. The first-order valence-electron chi connectivity index (χ1n) is 22.4. The molecule has 2 fully saturated rings. The largest absolute Gasteiger partial charge is 0.385 e.